The molecule has 3 rings (SSSR count). The molecule has 1 unspecified atom stereocenters. The summed E-state index contributed by atoms with van der Waals surface area (Å²) in [5.74, 6) is -0.974. The van der Waals surface area contributed by atoms with Gasteiger partial charge in [0.1, 0.15) is 17.4 Å². The standard InChI is InChI=1S/C16H14Cl2N2O6/c1-3-24-7-20-9(4-5-19-20)13(21)8-6-10-14(12(18)11(8)17)26-16(25-10)15(22)23-2/h4-6,16H,3,7H2,1-2H3. The van der Waals surface area contributed by atoms with Gasteiger partial charge in [0.05, 0.1) is 12.1 Å². The van der Waals surface area contributed by atoms with Gasteiger partial charge in [-0.05, 0) is 19.1 Å². The van der Waals surface area contributed by atoms with Gasteiger partial charge < -0.3 is 18.9 Å². The third kappa shape index (κ3) is 3.23. The molecule has 0 spiro atoms. The zero-order valence-electron chi connectivity index (χ0n) is 13.8. The molecule has 0 N–H and O–H groups in total. The lowest BCUT2D eigenvalue weighted by Crippen LogP contribution is -2.30. The van der Waals surface area contributed by atoms with Crippen LogP contribution in [0.3, 0.4) is 0 Å². The lowest BCUT2D eigenvalue weighted by atomic mass is 10.1. The molecule has 2 aromatic rings. The number of esters is 1. The van der Waals surface area contributed by atoms with Crippen LogP contribution in [-0.2, 0) is 21.0 Å². The third-order valence-corrected chi connectivity index (χ3v) is 4.44. The maximum atomic E-state index is 12.9. The third-order valence-electron chi connectivity index (χ3n) is 3.59. The van der Waals surface area contributed by atoms with Crippen molar-refractivity contribution >= 4 is 35.0 Å². The maximum absolute atomic E-state index is 12.9. The van der Waals surface area contributed by atoms with Crippen molar-refractivity contribution in [1.29, 1.82) is 0 Å². The number of carbonyl (C=O) groups is 2. The summed E-state index contributed by atoms with van der Waals surface area (Å²) in [5, 5.41) is 4.00. The van der Waals surface area contributed by atoms with Crippen LogP contribution in [0.4, 0.5) is 0 Å². The predicted molar refractivity (Wildman–Crippen MR) is 90.8 cm³/mol. The molecule has 26 heavy (non-hydrogen) atoms. The topological polar surface area (TPSA) is 88.9 Å². The average Bonchev–Trinajstić information content (AvgIpc) is 3.28. The highest BCUT2D eigenvalue weighted by Gasteiger charge is 2.36. The van der Waals surface area contributed by atoms with Gasteiger partial charge in [0, 0.05) is 18.4 Å². The van der Waals surface area contributed by atoms with Crippen molar-refractivity contribution in [3.63, 3.8) is 0 Å². The number of fused-ring (bicyclic) bond motifs is 1. The SMILES string of the molecule is CCOCn1nccc1C(=O)c1cc2c(c(Cl)c1Cl)OC(C(=O)OC)O2. The monoisotopic (exact) mass is 400 g/mol. The van der Waals surface area contributed by atoms with Crippen molar-refractivity contribution in [3.8, 4) is 11.5 Å². The number of rotatable bonds is 6. The van der Waals surface area contributed by atoms with Gasteiger partial charge in [0.25, 0.3) is 0 Å². The van der Waals surface area contributed by atoms with Gasteiger partial charge in [-0.25, -0.2) is 9.48 Å². The molecule has 1 atom stereocenters. The summed E-state index contributed by atoms with van der Waals surface area (Å²) >= 11 is 12.4. The smallest absolute Gasteiger partial charge is 0.389 e. The molecule has 1 aromatic carbocycles. The maximum Gasteiger partial charge on any atom is 0.389 e. The van der Waals surface area contributed by atoms with Gasteiger partial charge in [-0.3, -0.25) is 4.79 Å². The first-order valence-corrected chi connectivity index (χ1v) is 8.30. The summed E-state index contributed by atoms with van der Waals surface area (Å²) < 4.78 is 21.9. The summed E-state index contributed by atoms with van der Waals surface area (Å²) in [6, 6.07) is 2.90. The Morgan fingerprint density at radius 1 is 1.31 bits per heavy atom. The summed E-state index contributed by atoms with van der Waals surface area (Å²) in [6.07, 6.45) is 0.166. The Morgan fingerprint density at radius 3 is 2.77 bits per heavy atom. The van der Waals surface area contributed by atoms with E-state index in [0.29, 0.717) is 6.61 Å². The van der Waals surface area contributed by atoms with E-state index in [0.717, 1.165) is 0 Å². The summed E-state index contributed by atoms with van der Waals surface area (Å²) in [5.41, 5.74) is 0.350. The zero-order valence-corrected chi connectivity index (χ0v) is 15.3. The van der Waals surface area contributed by atoms with Gasteiger partial charge in [-0.2, -0.15) is 5.10 Å². The van der Waals surface area contributed by atoms with Gasteiger partial charge >= 0.3 is 12.3 Å². The van der Waals surface area contributed by atoms with Crippen molar-refractivity contribution in [2.45, 2.75) is 19.9 Å². The molecule has 1 aliphatic heterocycles. The van der Waals surface area contributed by atoms with Crippen molar-refractivity contribution in [1.82, 2.24) is 9.78 Å². The first kappa shape index (κ1) is 18.5. The van der Waals surface area contributed by atoms with Gasteiger partial charge in [-0.15, -0.1) is 0 Å². The second kappa shape index (κ2) is 7.53. The van der Waals surface area contributed by atoms with E-state index in [-0.39, 0.29) is 39.5 Å². The number of benzene rings is 1. The Hall–Kier alpha value is -2.29. The van der Waals surface area contributed by atoms with Crippen molar-refractivity contribution in [2.75, 3.05) is 13.7 Å². The van der Waals surface area contributed by atoms with Crippen molar-refractivity contribution in [2.24, 2.45) is 0 Å². The summed E-state index contributed by atoms with van der Waals surface area (Å²) in [7, 11) is 1.20. The molecule has 138 valence electrons. The Morgan fingerprint density at radius 2 is 2.08 bits per heavy atom. The van der Waals surface area contributed by atoms with Crippen LogP contribution in [0.1, 0.15) is 23.0 Å². The van der Waals surface area contributed by atoms with Crippen LogP contribution in [-0.4, -0.2) is 41.5 Å². The Bertz CT molecular complexity index is 867. The second-order valence-corrected chi connectivity index (χ2v) is 5.89. The number of halogens is 2. The zero-order chi connectivity index (χ0) is 18.8. The number of hydrogen-bond donors (Lipinski definition) is 0. The summed E-state index contributed by atoms with van der Waals surface area (Å²) in [6.45, 7) is 2.42. The van der Waals surface area contributed by atoms with Crippen LogP contribution >= 0.6 is 23.2 Å². The van der Waals surface area contributed by atoms with Gasteiger partial charge in [-0.1, -0.05) is 23.2 Å². The van der Waals surface area contributed by atoms with E-state index in [1.165, 1.54) is 30.1 Å². The molecule has 8 nitrogen and oxygen atoms in total. The predicted octanol–water partition coefficient (Wildman–Crippen LogP) is 2.69. The number of carbonyl (C=O) groups excluding carboxylic acids is 2. The van der Waals surface area contributed by atoms with E-state index < -0.39 is 18.0 Å². The normalized spacial score (nSPS) is 15.2. The Kier molecular flexibility index (Phi) is 5.36. The van der Waals surface area contributed by atoms with Crippen LogP contribution in [0, 0.1) is 0 Å². The molecule has 0 saturated carbocycles. The molecule has 1 aliphatic rings. The quantitative estimate of drug-likeness (QED) is 0.543. The van der Waals surface area contributed by atoms with Crippen molar-refractivity contribution in [3.05, 3.63) is 39.6 Å². The molecule has 0 amide bonds. The van der Waals surface area contributed by atoms with Crippen LogP contribution < -0.4 is 9.47 Å². The first-order valence-electron chi connectivity index (χ1n) is 7.55. The molecule has 0 radical (unpaired) electrons. The Labute approximate surface area is 158 Å². The number of ether oxygens (including phenoxy) is 4. The summed E-state index contributed by atoms with van der Waals surface area (Å²) in [4.78, 5) is 24.5. The van der Waals surface area contributed by atoms with Crippen LogP contribution in [0.5, 0.6) is 11.5 Å². The largest absolute Gasteiger partial charge is 0.463 e. The average molecular weight is 401 g/mol. The highest BCUT2D eigenvalue weighted by molar-refractivity contribution is 6.45. The molecule has 0 aliphatic carbocycles. The van der Waals surface area contributed by atoms with E-state index in [9.17, 15) is 9.59 Å². The van der Waals surface area contributed by atoms with E-state index >= 15 is 0 Å². The fourth-order valence-electron chi connectivity index (χ4n) is 2.33. The lowest BCUT2D eigenvalue weighted by Gasteiger charge is -2.10. The lowest BCUT2D eigenvalue weighted by molar-refractivity contribution is -0.158. The highest BCUT2D eigenvalue weighted by Crippen LogP contribution is 2.46. The van der Waals surface area contributed by atoms with Crippen LogP contribution in [0.2, 0.25) is 10.0 Å². The molecule has 1 aromatic heterocycles. The molecule has 2 heterocycles. The van der Waals surface area contributed by atoms with Gasteiger partial charge in [0.2, 0.25) is 5.78 Å². The first-order chi connectivity index (χ1) is 12.5. The molecular weight excluding hydrogens is 387 g/mol. The fourth-order valence-corrected chi connectivity index (χ4v) is 2.80. The minimum Gasteiger partial charge on any atom is -0.463 e. The minimum absolute atomic E-state index is 0.0197. The number of aromatic nitrogens is 2. The Balaban J connectivity index is 1.96. The molecule has 0 saturated heterocycles. The second-order valence-electron chi connectivity index (χ2n) is 5.14. The number of hydrogen-bond acceptors (Lipinski definition) is 7. The van der Waals surface area contributed by atoms with Crippen LogP contribution in [0.15, 0.2) is 18.3 Å². The van der Waals surface area contributed by atoms with Crippen molar-refractivity contribution < 1.29 is 28.5 Å². The minimum atomic E-state index is -1.31. The van der Waals surface area contributed by atoms with E-state index in [1.54, 1.807) is 0 Å². The van der Waals surface area contributed by atoms with E-state index in [2.05, 4.69) is 9.84 Å². The molecular formula is C16H14Cl2N2O6. The van der Waals surface area contributed by atoms with E-state index in [4.69, 9.17) is 37.4 Å². The number of methoxy groups -OCH3 is 1. The molecule has 0 fully saturated rings. The molecule has 10 heteroatoms. The highest BCUT2D eigenvalue weighted by atomic mass is 35.5. The van der Waals surface area contributed by atoms with Gasteiger partial charge in [0.15, 0.2) is 11.5 Å². The number of nitrogens with zero attached hydrogens (tertiary/aromatic N) is 2. The number of ketones is 1. The van der Waals surface area contributed by atoms with Crippen LogP contribution in [0.25, 0.3) is 0 Å². The van der Waals surface area contributed by atoms with E-state index in [1.807, 2.05) is 6.92 Å². The fraction of sp³-hybridized carbons (Fsp3) is 0.312. The molecule has 0 bridgehead atoms.